The molecule has 3 aliphatic heterocycles. The number of nitrogens with zero attached hydrogens (tertiary/aromatic N) is 1. The molecule has 0 unspecified atom stereocenters. The molecule has 0 saturated carbocycles. The van der Waals surface area contributed by atoms with Crippen molar-refractivity contribution in [2.75, 3.05) is 39.4 Å². The third kappa shape index (κ3) is 2.96. The quantitative estimate of drug-likeness (QED) is 0.888. The highest BCUT2D eigenvalue weighted by Crippen LogP contribution is 2.39. The van der Waals surface area contributed by atoms with Gasteiger partial charge in [0.2, 0.25) is 5.91 Å². The molecule has 2 atom stereocenters. The van der Waals surface area contributed by atoms with Gasteiger partial charge in [0.1, 0.15) is 0 Å². The molecular weight excluding hydrogens is 324 g/mol. The second-order valence-electron chi connectivity index (χ2n) is 7.45. The lowest BCUT2D eigenvalue weighted by molar-refractivity contribution is -0.140. The summed E-state index contributed by atoms with van der Waals surface area (Å²) in [6.45, 7) is 7.43. The lowest BCUT2D eigenvalue weighted by Crippen LogP contribution is -2.49. The van der Waals surface area contributed by atoms with Gasteiger partial charge in [-0.15, -0.1) is 12.4 Å². The highest BCUT2D eigenvalue weighted by molar-refractivity contribution is 5.88. The Bertz CT molecular complexity index is 572. The summed E-state index contributed by atoms with van der Waals surface area (Å²) in [7, 11) is 0. The molecule has 132 valence electrons. The molecule has 4 rings (SSSR count). The van der Waals surface area contributed by atoms with E-state index in [1.807, 2.05) is 0 Å². The van der Waals surface area contributed by atoms with Gasteiger partial charge in [-0.1, -0.05) is 29.8 Å². The summed E-state index contributed by atoms with van der Waals surface area (Å²) in [5, 5.41) is 3.45. The minimum absolute atomic E-state index is 0. The second-order valence-corrected chi connectivity index (χ2v) is 7.45. The van der Waals surface area contributed by atoms with Gasteiger partial charge in [-0.25, -0.2) is 0 Å². The van der Waals surface area contributed by atoms with Crippen molar-refractivity contribution in [1.82, 2.24) is 10.2 Å². The maximum absolute atomic E-state index is 13.5. The minimum Gasteiger partial charge on any atom is -0.381 e. The number of aryl methyl sites for hydroxylation is 1. The van der Waals surface area contributed by atoms with E-state index in [9.17, 15) is 4.79 Å². The number of nitrogens with one attached hydrogen (secondary N) is 1. The zero-order chi connectivity index (χ0) is 15.9. The monoisotopic (exact) mass is 350 g/mol. The fourth-order valence-corrected chi connectivity index (χ4v) is 4.54. The Hall–Kier alpha value is -1.10. The maximum Gasteiger partial charge on any atom is 0.233 e. The molecule has 3 aliphatic rings. The summed E-state index contributed by atoms with van der Waals surface area (Å²) < 4.78 is 5.58. The third-order valence-corrected chi connectivity index (χ3v) is 6.04. The SMILES string of the molecule is Cc1ccc(C2(C(=O)N3C[C@H]4CNC[C@H]4C3)CCOCC2)cc1.Cl. The zero-order valence-corrected chi connectivity index (χ0v) is 15.1. The Balaban J connectivity index is 0.00000169. The number of amides is 1. The number of carbonyl (C=O) groups excluding carboxylic acids is 1. The van der Waals surface area contributed by atoms with E-state index in [1.54, 1.807) is 0 Å². The molecule has 1 aromatic rings. The number of halogens is 1. The fraction of sp³-hybridized carbons (Fsp3) is 0.632. The van der Waals surface area contributed by atoms with Crippen molar-refractivity contribution in [3.05, 3.63) is 35.4 Å². The molecule has 24 heavy (non-hydrogen) atoms. The molecule has 4 nitrogen and oxygen atoms in total. The number of benzene rings is 1. The predicted octanol–water partition coefficient (Wildman–Crippen LogP) is 2.14. The van der Waals surface area contributed by atoms with Crippen molar-refractivity contribution < 1.29 is 9.53 Å². The van der Waals surface area contributed by atoms with Gasteiger partial charge in [0.25, 0.3) is 0 Å². The van der Waals surface area contributed by atoms with Crippen LogP contribution in [0.2, 0.25) is 0 Å². The smallest absolute Gasteiger partial charge is 0.233 e. The summed E-state index contributed by atoms with van der Waals surface area (Å²) in [6.07, 6.45) is 1.61. The number of hydrogen-bond donors (Lipinski definition) is 1. The zero-order valence-electron chi connectivity index (χ0n) is 14.3. The molecule has 3 heterocycles. The summed E-state index contributed by atoms with van der Waals surface area (Å²) in [6, 6.07) is 8.55. The molecule has 0 bridgehead atoms. The van der Waals surface area contributed by atoms with Crippen molar-refractivity contribution in [1.29, 1.82) is 0 Å². The standard InChI is InChI=1S/C19H26N2O2.ClH/c1-14-2-4-17(5-3-14)19(6-8-23-9-7-19)18(22)21-12-15-10-20-11-16(15)13-21;/h2-5,15-16,20H,6-13H2,1H3;1H/t15-,16+;. The first-order chi connectivity index (χ1) is 11.2. The van der Waals surface area contributed by atoms with Crippen LogP contribution >= 0.6 is 12.4 Å². The molecule has 1 N–H and O–H groups in total. The lowest BCUT2D eigenvalue weighted by Gasteiger charge is -2.39. The fourth-order valence-electron chi connectivity index (χ4n) is 4.54. The summed E-state index contributed by atoms with van der Waals surface area (Å²) >= 11 is 0. The number of carbonyl (C=O) groups is 1. The number of fused-ring (bicyclic) bond motifs is 1. The molecule has 3 fully saturated rings. The largest absolute Gasteiger partial charge is 0.381 e. The minimum atomic E-state index is -0.377. The Morgan fingerprint density at radius 2 is 1.71 bits per heavy atom. The first-order valence-corrected chi connectivity index (χ1v) is 8.84. The van der Waals surface area contributed by atoms with Crippen molar-refractivity contribution in [2.24, 2.45) is 11.8 Å². The van der Waals surface area contributed by atoms with E-state index in [2.05, 4.69) is 41.4 Å². The van der Waals surface area contributed by atoms with Gasteiger partial charge in [0.15, 0.2) is 0 Å². The van der Waals surface area contributed by atoms with Gasteiger partial charge in [-0.05, 0) is 37.2 Å². The number of ether oxygens (including phenoxy) is 1. The first kappa shape index (κ1) is 17.7. The number of rotatable bonds is 2. The first-order valence-electron chi connectivity index (χ1n) is 8.84. The van der Waals surface area contributed by atoms with E-state index < -0.39 is 0 Å². The molecule has 0 aromatic heterocycles. The van der Waals surface area contributed by atoms with Crippen molar-refractivity contribution in [3.8, 4) is 0 Å². The molecule has 0 radical (unpaired) electrons. The van der Waals surface area contributed by atoms with Gasteiger partial charge < -0.3 is 15.0 Å². The Morgan fingerprint density at radius 1 is 1.12 bits per heavy atom. The third-order valence-electron chi connectivity index (χ3n) is 6.04. The van der Waals surface area contributed by atoms with E-state index in [0.29, 0.717) is 31.0 Å². The molecule has 0 aliphatic carbocycles. The van der Waals surface area contributed by atoms with Crippen molar-refractivity contribution >= 4 is 18.3 Å². The topological polar surface area (TPSA) is 41.6 Å². The predicted molar refractivity (Wildman–Crippen MR) is 96.6 cm³/mol. The van der Waals surface area contributed by atoms with E-state index in [-0.39, 0.29) is 17.8 Å². The molecule has 5 heteroatoms. The number of hydrogen-bond acceptors (Lipinski definition) is 3. The Morgan fingerprint density at radius 3 is 2.29 bits per heavy atom. The summed E-state index contributed by atoms with van der Waals surface area (Å²) in [5.41, 5.74) is 2.04. The van der Waals surface area contributed by atoms with Gasteiger partial charge in [0.05, 0.1) is 5.41 Å². The Labute approximate surface area is 150 Å². The van der Waals surface area contributed by atoms with Gasteiger partial charge in [-0.2, -0.15) is 0 Å². The summed E-state index contributed by atoms with van der Waals surface area (Å²) in [4.78, 5) is 15.6. The van der Waals surface area contributed by atoms with E-state index in [0.717, 1.165) is 39.0 Å². The molecule has 3 saturated heterocycles. The highest BCUT2D eigenvalue weighted by Gasteiger charge is 2.47. The van der Waals surface area contributed by atoms with Crippen LogP contribution in [0.4, 0.5) is 0 Å². The van der Waals surface area contributed by atoms with Crippen LogP contribution in [0, 0.1) is 18.8 Å². The van der Waals surface area contributed by atoms with Crippen LogP contribution in [0.25, 0.3) is 0 Å². The van der Waals surface area contributed by atoms with E-state index >= 15 is 0 Å². The van der Waals surface area contributed by atoms with Crippen LogP contribution in [-0.2, 0) is 14.9 Å². The van der Waals surface area contributed by atoms with Crippen LogP contribution in [-0.4, -0.2) is 50.2 Å². The van der Waals surface area contributed by atoms with Crippen LogP contribution in [0.1, 0.15) is 24.0 Å². The average Bonchev–Trinajstić information content (AvgIpc) is 3.17. The molecule has 1 aromatic carbocycles. The van der Waals surface area contributed by atoms with Crippen LogP contribution in [0.15, 0.2) is 24.3 Å². The molecule has 0 spiro atoms. The van der Waals surface area contributed by atoms with Gasteiger partial charge in [0, 0.05) is 39.4 Å². The second kappa shape index (κ2) is 7.03. The van der Waals surface area contributed by atoms with Crippen LogP contribution in [0.5, 0.6) is 0 Å². The van der Waals surface area contributed by atoms with Crippen molar-refractivity contribution in [3.63, 3.8) is 0 Å². The normalized spacial score (nSPS) is 28.3. The molecule has 1 amide bonds. The van der Waals surface area contributed by atoms with Gasteiger partial charge >= 0.3 is 0 Å². The molecular formula is C19H27ClN2O2. The number of likely N-dealkylation sites (tertiary alicyclic amines) is 1. The van der Waals surface area contributed by atoms with Crippen molar-refractivity contribution in [2.45, 2.75) is 25.2 Å². The van der Waals surface area contributed by atoms with E-state index in [4.69, 9.17) is 4.74 Å². The van der Waals surface area contributed by atoms with Gasteiger partial charge in [-0.3, -0.25) is 4.79 Å². The average molecular weight is 351 g/mol. The van der Waals surface area contributed by atoms with Crippen LogP contribution in [0.3, 0.4) is 0 Å². The maximum atomic E-state index is 13.5. The Kier molecular flexibility index (Phi) is 5.19. The lowest BCUT2D eigenvalue weighted by atomic mass is 9.73. The summed E-state index contributed by atoms with van der Waals surface area (Å²) in [5.74, 6) is 1.63. The van der Waals surface area contributed by atoms with Crippen LogP contribution < -0.4 is 5.32 Å². The highest BCUT2D eigenvalue weighted by atomic mass is 35.5. The van der Waals surface area contributed by atoms with E-state index in [1.165, 1.54) is 11.1 Å².